The summed E-state index contributed by atoms with van der Waals surface area (Å²) < 4.78 is 46.0. The third-order valence-corrected chi connectivity index (χ3v) is 4.13. The molecule has 10 heteroatoms. The van der Waals surface area contributed by atoms with Crippen LogP contribution in [0.25, 0.3) is 0 Å². The third kappa shape index (κ3) is 3.68. The maximum Gasteiger partial charge on any atom is 0.421 e. The highest BCUT2D eigenvalue weighted by atomic mass is 19.4. The van der Waals surface area contributed by atoms with Crippen molar-refractivity contribution in [3.8, 4) is 0 Å². The van der Waals surface area contributed by atoms with Crippen molar-refractivity contribution in [2.24, 2.45) is 0 Å². The number of nitrogens with one attached hydrogen (secondary N) is 1. The molecule has 1 aliphatic heterocycles. The van der Waals surface area contributed by atoms with Crippen LogP contribution in [0.4, 0.5) is 30.6 Å². The maximum absolute atomic E-state index is 12.9. The number of nitrogens with two attached hydrogens (primary N) is 1. The summed E-state index contributed by atoms with van der Waals surface area (Å²) in [5.74, 6) is -0.588. The first-order valence-electron chi connectivity index (χ1n) is 7.87. The predicted octanol–water partition coefficient (Wildman–Crippen LogP) is 2.99. The summed E-state index contributed by atoms with van der Waals surface area (Å²) in [6.45, 7) is 4.43. The van der Waals surface area contributed by atoms with Gasteiger partial charge in [-0.1, -0.05) is 0 Å². The molecule has 0 spiro atoms. The molecule has 3 N–H and O–H groups in total. The van der Waals surface area contributed by atoms with Crippen LogP contribution in [0.1, 0.15) is 35.8 Å². The highest BCUT2D eigenvalue weighted by Gasteiger charge is 2.36. The Kier molecular flexibility index (Phi) is 4.55. The highest BCUT2D eigenvalue weighted by Crippen LogP contribution is 2.35. The fourth-order valence-corrected chi connectivity index (χ4v) is 2.86. The van der Waals surface area contributed by atoms with E-state index in [4.69, 9.17) is 10.5 Å². The molecule has 2 aromatic rings. The summed E-state index contributed by atoms with van der Waals surface area (Å²) in [5.41, 5.74) is 5.57. The third-order valence-electron chi connectivity index (χ3n) is 4.13. The monoisotopic (exact) mass is 356 g/mol. The molecule has 3 heterocycles. The Bertz CT molecular complexity index is 744. The van der Waals surface area contributed by atoms with Crippen LogP contribution in [0.15, 0.2) is 6.20 Å². The number of nitrogen functional groups attached to an aromatic ring is 1. The second-order valence-corrected chi connectivity index (χ2v) is 5.97. The highest BCUT2D eigenvalue weighted by molar-refractivity contribution is 5.58. The molecule has 0 radical (unpaired) electrons. The van der Waals surface area contributed by atoms with E-state index in [0.29, 0.717) is 24.6 Å². The molecule has 7 nitrogen and oxygen atoms in total. The van der Waals surface area contributed by atoms with Crippen LogP contribution in [0.2, 0.25) is 0 Å². The number of hydrogen-bond acceptors (Lipinski definition) is 6. The van der Waals surface area contributed by atoms with E-state index in [1.807, 2.05) is 4.68 Å². The molecule has 1 saturated heterocycles. The fraction of sp³-hybridized carbons (Fsp3) is 0.533. The standard InChI is InChI=1S/C15H19F3N6O/c1-8-11(7-24(23-8)10-3-5-25-6-4-10)21-14-20-9(2)12(13(19)22-14)15(16,17)18/h7,10H,3-6H2,1-2H3,(H3,19,20,21,22). The zero-order valence-corrected chi connectivity index (χ0v) is 13.9. The van der Waals surface area contributed by atoms with Crippen molar-refractivity contribution >= 4 is 17.5 Å². The molecule has 1 aliphatic rings. The Morgan fingerprint density at radius 1 is 1.20 bits per heavy atom. The minimum atomic E-state index is -4.59. The summed E-state index contributed by atoms with van der Waals surface area (Å²) in [6.07, 6.45) is -1.05. The molecule has 2 aromatic heterocycles. The van der Waals surface area contributed by atoms with Gasteiger partial charge in [-0.3, -0.25) is 4.68 Å². The van der Waals surface area contributed by atoms with Gasteiger partial charge in [0.2, 0.25) is 5.95 Å². The average Bonchev–Trinajstić information content (AvgIpc) is 2.87. The largest absolute Gasteiger partial charge is 0.421 e. The van der Waals surface area contributed by atoms with Gasteiger partial charge in [0.05, 0.1) is 23.1 Å². The van der Waals surface area contributed by atoms with E-state index in [-0.39, 0.29) is 17.7 Å². The summed E-state index contributed by atoms with van der Waals surface area (Å²) in [5, 5.41) is 7.37. The van der Waals surface area contributed by atoms with Crippen molar-refractivity contribution in [1.29, 1.82) is 0 Å². The number of halogens is 3. The predicted molar refractivity (Wildman–Crippen MR) is 85.5 cm³/mol. The van der Waals surface area contributed by atoms with Crippen LogP contribution in [-0.4, -0.2) is 33.0 Å². The van der Waals surface area contributed by atoms with Crippen molar-refractivity contribution < 1.29 is 17.9 Å². The summed E-state index contributed by atoms with van der Waals surface area (Å²) in [6, 6.07) is 0.239. The van der Waals surface area contributed by atoms with Gasteiger partial charge in [0.1, 0.15) is 11.4 Å². The Balaban J connectivity index is 1.84. The van der Waals surface area contributed by atoms with E-state index in [1.165, 1.54) is 6.92 Å². The Morgan fingerprint density at radius 2 is 1.88 bits per heavy atom. The van der Waals surface area contributed by atoms with Gasteiger partial charge in [-0.15, -0.1) is 0 Å². The molecule has 25 heavy (non-hydrogen) atoms. The maximum atomic E-state index is 12.9. The van der Waals surface area contributed by atoms with E-state index >= 15 is 0 Å². The normalized spacial score (nSPS) is 16.2. The molecular formula is C15H19F3N6O. The zero-order chi connectivity index (χ0) is 18.2. The number of ether oxygens (including phenoxy) is 1. The lowest BCUT2D eigenvalue weighted by atomic mass is 10.1. The number of aryl methyl sites for hydroxylation is 2. The van der Waals surface area contributed by atoms with Gasteiger partial charge >= 0.3 is 6.18 Å². The van der Waals surface area contributed by atoms with Crippen LogP contribution >= 0.6 is 0 Å². The SMILES string of the molecule is Cc1nn(C2CCOCC2)cc1Nc1nc(C)c(C(F)(F)F)c(N)n1. The van der Waals surface area contributed by atoms with Gasteiger partial charge < -0.3 is 15.8 Å². The first-order chi connectivity index (χ1) is 11.8. The number of rotatable bonds is 3. The van der Waals surface area contributed by atoms with Crippen LogP contribution in [0.3, 0.4) is 0 Å². The molecule has 0 aliphatic carbocycles. The van der Waals surface area contributed by atoms with Crippen LogP contribution in [-0.2, 0) is 10.9 Å². The fourth-order valence-electron chi connectivity index (χ4n) is 2.86. The van der Waals surface area contributed by atoms with Crippen LogP contribution in [0, 0.1) is 13.8 Å². The minimum absolute atomic E-state index is 0.0117. The lowest BCUT2D eigenvalue weighted by molar-refractivity contribution is -0.137. The molecule has 0 amide bonds. The minimum Gasteiger partial charge on any atom is -0.383 e. The van der Waals surface area contributed by atoms with E-state index in [0.717, 1.165) is 12.8 Å². The van der Waals surface area contributed by atoms with Crippen molar-refractivity contribution in [2.45, 2.75) is 38.9 Å². The van der Waals surface area contributed by atoms with Gasteiger partial charge in [-0.05, 0) is 26.7 Å². The first-order valence-corrected chi connectivity index (χ1v) is 7.87. The molecule has 0 bridgehead atoms. The molecule has 0 aromatic carbocycles. The molecule has 0 unspecified atom stereocenters. The van der Waals surface area contributed by atoms with Gasteiger partial charge in [-0.2, -0.15) is 23.3 Å². The molecule has 1 fully saturated rings. The van der Waals surface area contributed by atoms with Crippen molar-refractivity contribution in [3.05, 3.63) is 23.1 Å². The van der Waals surface area contributed by atoms with Gasteiger partial charge in [-0.25, -0.2) is 4.98 Å². The molecule has 136 valence electrons. The smallest absolute Gasteiger partial charge is 0.383 e. The second-order valence-electron chi connectivity index (χ2n) is 5.97. The van der Waals surface area contributed by atoms with E-state index in [1.54, 1.807) is 13.1 Å². The number of anilines is 3. The van der Waals surface area contributed by atoms with Crippen molar-refractivity contribution in [2.75, 3.05) is 24.3 Å². The quantitative estimate of drug-likeness (QED) is 0.879. The second kappa shape index (κ2) is 6.51. The number of aromatic nitrogens is 4. The Labute approximate surface area is 142 Å². The summed E-state index contributed by atoms with van der Waals surface area (Å²) >= 11 is 0. The van der Waals surface area contributed by atoms with Gasteiger partial charge in [0.15, 0.2) is 0 Å². The first kappa shape index (κ1) is 17.5. The summed E-state index contributed by atoms with van der Waals surface area (Å²) in [4.78, 5) is 7.62. The topological polar surface area (TPSA) is 90.9 Å². The lowest BCUT2D eigenvalue weighted by Crippen LogP contribution is -2.19. The molecular weight excluding hydrogens is 337 g/mol. The molecule has 0 saturated carbocycles. The summed E-state index contributed by atoms with van der Waals surface area (Å²) in [7, 11) is 0. The zero-order valence-electron chi connectivity index (χ0n) is 13.9. The van der Waals surface area contributed by atoms with Crippen LogP contribution < -0.4 is 11.1 Å². The molecule has 0 atom stereocenters. The van der Waals surface area contributed by atoms with Gasteiger partial charge in [0, 0.05) is 19.4 Å². The van der Waals surface area contributed by atoms with E-state index < -0.39 is 17.6 Å². The number of nitrogens with zero attached hydrogens (tertiary/aromatic N) is 4. The number of alkyl halides is 3. The Morgan fingerprint density at radius 3 is 2.48 bits per heavy atom. The van der Waals surface area contributed by atoms with E-state index in [9.17, 15) is 13.2 Å². The van der Waals surface area contributed by atoms with Crippen molar-refractivity contribution in [3.63, 3.8) is 0 Å². The Hall–Kier alpha value is -2.36. The number of hydrogen-bond donors (Lipinski definition) is 2. The van der Waals surface area contributed by atoms with E-state index in [2.05, 4.69) is 20.4 Å². The molecule has 3 rings (SSSR count). The van der Waals surface area contributed by atoms with Crippen LogP contribution in [0.5, 0.6) is 0 Å². The van der Waals surface area contributed by atoms with Gasteiger partial charge in [0.25, 0.3) is 0 Å². The van der Waals surface area contributed by atoms with Crippen molar-refractivity contribution in [1.82, 2.24) is 19.7 Å². The average molecular weight is 356 g/mol. The lowest BCUT2D eigenvalue weighted by Gasteiger charge is -2.22.